The Labute approximate surface area is 203 Å². The molecule has 3 N–H and O–H groups in total. The predicted octanol–water partition coefficient (Wildman–Crippen LogP) is 3.64. The van der Waals surface area contributed by atoms with Gasteiger partial charge in [0.1, 0.15) is 5.69 Å². The maximum absolute atomic E-state index is 13.2. The van der Waals surface area contributed by atoms with Crippen LogP contribution in [0.15, 0.2) is 74.8 Å². The smallest absolute Gasteiger partial charge is 0.272 e. The normalized spacial score (nSPS) is 12.1. The predicted molar refractivity (Wildman–Crippen MR) is 136 cm³/mol. The first-order valence-electron chi connectivity index (χ1n) is 10.3. The lowest BCUT2D eigenvalue weighted by Crippen LogP contribution is -2.40. The van der Waals surface area contributed by atoms with Crippen LogP contribution in [-0.2, 0) is 4.79 Å². The minimum atomic E-state index is -1.20. The van der Waals surface area contributed by atoms with Crippen molar-refractivity contribution in [3.63, 3.8) is 0 Å². The first-order chi connectivity index (χ1) is 16.5. The van der Waals surface area contributed by atoms with E-state index in [1.165, 1.54) is 0 Å². The molecule has 0 fully saturated rings. The third-order valence-electron chi connectivity index (χ3n) is 4.98. The molecule has 0 spiro atoms. The van der Waals surface area contributed by atoms with Crippen molar-refractivity contribution in [2.75, 3.05) is 6.26 Å². The second-order valence-corrected chi connectivity index (χ2v) is 9.63. The number of carbonyl (C=O) groups excluding carboxylic acids is 2. The van der Waals surface area contributed by atoms with Crippen molar-refractivity contribution < 1.29 is 9.59 Å². The molecule has 1 atom stereocenters. The van der Waals surface area contributed by atoms with Crippen molar-refractivity contribution in [2.24, 2.45) is 5.10 Å². The van der Waals surface area contributed by atoms with E-state index in [1.54, 1.807) is 83.9 Å². The number of fused-ring (bicyclic) bond motifs is 1. The monoisotopic (exact) mass is 491 g/mol. The number of hydrogen-bond donors (Lipinski definition) is 3. The van der Waals surface area contributed by atoms with Crippen LogP contribution in [0, 0.1) is 6.92 Å². The number of aryl methyl sites for hydroxylation is 1. The van der Waals surface area contributed by atoms with Crippen molar-refractivity contribution in [3.05, 3.63) is 92.7 Å². The van der Waals surface area contributed by atoms with E-state index < -0.39 is 17.9 Å². The molecule has 34 heavy (non-hydrogen) atoms. The molecule has 0 bridgehead atoms. The summed E-state index contributed by atoms with van der Waals surface area (Å²) in [7, 11) is 0. The van der Waals surface area contributed by atoms with Crippen molar-refractivity contribution >= 4 is 51.9 Å². The minimum Gasteiger partial charge on any atom is -0.335 e. The molecule has 0 unspecified atom stereocenters. The number of aromatic amines is 1. The van der Waals surface area contributed by atoms with Crippen LogP contribution in [-0.4, -0.2) is 34.5 Å². The summed E-state index contributed by atoms with van der Waals surface area (Å²) < 4.78 is 1.08. The maximum Gasteiger partial charge on any atom is 0.272 e. The number of nitrogens with one attached hydrogen (secondary N) is 3. The first-order valence-corrected chi connectivity index (χ1v) is 12.3. The maximum atomic E-state index is 13.2. The highest BCUT2D eigenvalue weighted by Gasteiger charge is 2.27. The fraction of sp³-hybridized carbons (Fsp3) is 0.125. The standard InChI is InChI=1S/C24H21N5O3S2/c1-14-12-16(24(33-2)34-14)13-25-28-23(32)20(26-21(30)15-8-4-3-5-9-15)19-17-10-6-7-11-18(17)22(31)29-27-19/h3-13,20H,1-2H3,(H,26,30)(H,28,32)(H,29,31)/b25-13-/t20-/m1/s1. The number of hydrogen-bond acceptors (Lipinski definition) is 7. The Morgan fingerprint density at radius 2 is 1.82 bits per heavy atom. The third-order valence-corrected chi connectivity index (χ3v) is 7.20. The molecule has 2 aromatic heterocycles. The Hall–Kier alpha value is -3.76. The van der Waals surface area contributed by atoms with Gasteiger partial charge in [-0.1, -0.05) is 36.4 Å². The molecule has 2 aromatic carbocycles. The molecule has 10 heteroatoms. The molecule has 0 aliphatic rings. The first kappa shape index (κ1) is 23.4. The number of nitrogens with zero attached hydrogens (tertiary/aromatic N) is 2. The van der Waals surface area contributed by atoms with Gasteiger partial charge < -0.3 is 5.32 Å². The van der Waals surface area contributed by atoms with Crippen molar-refractivity contribution in [3.8, 4) is 0 Å². The van der Waals surface area contributed by atoms with Crippen LogP contribution in [0.25, 0.3) is 10.8 Å². The van der Waals surface area contributed by atoms with Crippen molar-refractivity contribution in [1.82, 2.24) is 20.9 Å². The van der Waals surface area contributed by atoms with Gasteiger partial charge in [0, 0.05) is 21.4 Å². The van der Waals surface area contributed by atoms with Gasteiger partial charge in [-0.15, -0.1) is 23.1 Å². The summed E-state index contributed by atoms with van der Waals surface area (Å²) in [6.07, 6.45) is 3.55. The number of aromatic nitrogens is 2. The quantitative estimate of drug-likeness (QED) is 0.207. The summed E-state index contributed by atoms with van der Waals surface area (Å²) >= 11 is 3.24. The summed E-state index contributed by atoms with van der Waals surface area (Å²) in [6.45, 7) is 2.00. The third kappa shape index (κ3) is 5.08. The van der Waals surface area contributed by atoms with Crippen LogP contribution >= 0.6 is 23.1 Å². The molecule has 2 amide bonds. The van der Waals surface area contributed by atoms with E-state index in [0.717, 1.165) is 14.6 Å². The fourth-order valence-electron chi connectivity index (χ4n) is 3.41. The van der Waals surface area contributed by atoms with Gasteiger partial charge in [-0.2, -0.15) is 10.2 Å². The van der Waals surface area contributed by atoms with Crippen molar-refractivity contribution in [1.29, 1.82) is 0 Å². The Morgan fingerprint density at radius 3 is 2.56 bits per heavy atom. The lowest BCUT2D eigenvalue weighted by molar-refractivity contribution is -0.123. The zero-order valence-electron chi connectivity index (χ0n) is 18.4. The van der Waals surface area contributed by atoms with Gasteiger partial charge in [0.05, 0.1) is 15.8 Å². The Bertz CT molecular complexity index is 1430. The number of H-pyrrole nitrogens is 1. The van der Waals surface area contributed by atoms with Crippen LogP contribution in [0.4, 0.5) is 0 Å². The van der Waals surface area contributed by atoms with Crippen LogP contribution in [0.1, 0.15) is 32.5 Å². The summed E-state index contributed by atoms with van der Waals surface area (Å²) in [5.41, 5.74) is 3.61. The molecule has 0 aliphatic heterocycles. The number of amides is 2. The van der Waals surface area contributed by atoms with Gasteiger partial charge in [0.2, 0.25) is 0 Å². The molecule has 0 radical (unpaired) electrons. The van der Waals surface area contributed by atoms with Gasteiger partial charge in [0.15, 0.2) is 6.04 Å². The van der Waals surface area contributed by atoms with E-state index in [2.05, 4.69) is 26.0 Å². The molecule has 172 valence electrons. The molecule has 0 saturated heterocycles. The topological polar surface area (TPSA) is 116 Å². The zero-order valence-corrected chi connectivity index (χ0v) is 20.0. The Kier molecular flexibility index (Phi) is 7.19. The van der Waals surface area contributed by atoms with Crippen LogP contribution in [0.2, 0.25) is 0 Å². The summed E-state index contributed by atoms with van der Waals surface area (Å²) in [5.74, 6) is -1.05. The molecule has 4 aromatic rings. The summed E-state index contributed by atoms with van der Waals surface area (Å²) in [5, 5.41) is 14.2. The van der Waals surface area contributed by atoms with Gasteiger partial charge in [-0.3, -0.25) is 14.4 Å². The highest BCUT2D eigenvalue weighted by molar-refractivity contribution is 8.00. The molecule has 8 nitrogen and oxygen atoms in total. The van der Waals surface area contributed by atoms with Gasteiger partial charge in [0.25, 0.3) is 17.4 Å². The molecule has 0 aliphatic carbocycles. The van der Waals surface area contributed by atoms with Gasteiger partial charge >= 0.3 is 0 Å². The van der Waals surface area contributed by atoms with Gasteiger partial charge in [-0.05, 0) is 37.4 Å². The number of thioether (sulfide) groups is 1. The van der Waals surface area contributed by atoms with E-state index in [9.17, 15) is 14.4 Å². The van der Waals surface area contributed by atoms with E-state index >= 15 is 0 Å². The molecule has 4 rings (SSSR count). The Balaban J connectivity index is 1.67. The lowest BCUT2D eigenvalue weighted by atomic mass is 10.0. The number of thiophene rings is 1. The summed E-state index contributed by atoms with van der Waals surface area (Å²) in [4.78, 5) is 39.5. The highest BCUT2D eigenvalue weighted by atomic mass is 32.2. The van der Waals surface area contributed by atoms with Crippen LogP contribution in [0.5, 0.6) is 0 Å². The lowest BCUT2D eigenvalue weighted by Gasteiger charge is -2.18. The van der Waals surface area contributed by atoms with Crippen LogP contribution in [0.3, 0.4) is 0 Å². The zero-order chi connectivity index (χ0) is 24.1. The number of rotatable bonds is 7. The van der Waals surface area contributed by atoms with Crippen molar-refractivity contribution in [2.45, 2.75) is 17.2 Å². The number of hydrazone groups is 1. The minimum absolute atomic E-state index is 0.211. The van der Waals surface area contributed by atoms with E-state index in [-0.39, 0.29) is 11.3 Å². The van der Waals surface area contributed by atoms with E-state index in [4.69, 9.17) is 0 Å². The largest absolute Gasteiger partial charge is 0.335 e. The second-order valence-electron chi connectivity index (χ2n) is 7.29. The molecular weight excluding hydrogens is 470 g/mol. The highest BCUT2D eigenvalue weighted by Crippen LogP contribution is 2.29. The van der Waals surface area contributed by atoms with Crippen LogP contribution < -0.4 is 16.3 Å². The average Bonchev–Trinajstić information content (AvgIpc) is 3.23. The van der Waals surface area contributed by atoms with E-state index in [1.807, 2.05) is 19.2 Å². The molecule has 2 heterocycles. The van der Waals surface area contributed by atoms with Gasteiger partial charge in [-0.25, -0.2) is 10.5 Å². The molecular formula is C24H21N5O3S2. The number of carbonyl (C=O) groups is 2. The Morgan fingerprint density at radius 1 is 1.12 bits per heavy atom. The average molecular weight is 492 g/mol. The SMILES string of the molecule is CSc1sc(C)cc1/C=N\NC(=O)[C@H](NC(=O)c1ccccc1)c1n[nH]c(=O)c2ccccc12. The second kappa shape index (κ2) is 10.4. The molecule has 0 saturated carbocycles. The van der Waals surface area contributed by atoms with E-state index in [0.29, 0.717) is 16.3 Å². The fourth-order valence-corrected chi connectivity index (χ4v) is 5.19. The number of benzene rings is 2. The summed E-state index contributed by atoms with van der Waals surface area (Å²) in [6, 6.07) is 16.1.